The lowest BCUT2D eigenvalue weighted by Crippen LogP contribution is -2.57. The Hall–Kier alpha value is -1.38. The maximum Gasteiger partial charge on any atom is 0.0714 e. The third-order valence-corrected chi connectivity index (χ3v) is 5.32. The molecule has 6 unspecified atom stereocenters. The quantitative estimate of drug-likeness (QED) is 0.792. The van der Waals surface area contributed by atoms with Gasteiger partial charge in [-0.25, -0.2) is 0 Å². The Morgan fingerprint density at radius 2 is 0.885 bits per heavy atom. The fraction of sp³-hybridized carbons (Fsp3) is 0.400. The van der Waals surface area contributed by atoms with Crippen LogP contribution in [0.4, 0.5) is 0 Å². The lowest BCUT2D eigenvalue weighted by molar-refractivity contribution is 0.283. The maximum absolute atomic E-state index is 6.44. The second-order valence-corrected chi connectivity index (χ2v) is 7.09. The van der Waals surface area contributed by atoms with Crippen LogP contribution in [0.15, 0.2) is 60.7 Å². The highest BCUT2D eigenvalue weighted by Gasteiger charge is 2.41. The van der Waals surface area contributed by atoms with E-state index in [1.807, 2.05) is 36.4 Å². The van der Waals surface area contributed by atoms with Crippen LogP contribution in [0.1, 0.15) is 11.1 Å². The SMILES string of the molecule is [B]C1C([B])C([B])C(NCc2ccccc2)C(NCc2ccccc2)C1[B]. The highest BCUT2D eigenvalue weighted by molar-refractivity contribution is 6.30. The number of nitrogens with one attached hydrogen (secondary N) is 2. The highest BCUT2D eigenvalue weighted by atomic mass is 15.0. The summed E-state index contributed by atoms with van der Waals surface area (Å²) >= 11 is 0. The van der Waals surface area contributed by atoms with Crippen LogP contribution in [0.5, 0.6) is 0 Å². The molecule has 124 valence electrons. The molecule has 3 rings (SSSR count). The van der Waals surface area contributed by atoms with Crippen LogP contribution in [0.2, 0.25) is 23.3 Å². The highest BCUT2D eigenvalue weighted by Crippen LogP contribution is 2.47. The van der Waals surface area contributed by atoms with Gasteiger partial charge in [-0.05, 0) is 11.1 Å². The van der Waals surface area contributed by atoms with Crippen molar-refractivity contribution in [3.05, 3.63) is 71.8 Å². The van der Waals surface area contributed by atoms with Crippen LogP contribution < -0.4 is 10.6 Å². The Morgan fingerprint density at radius 3 is 1.23 bits per heavy atom. The van der Waals surface area contributed by atoms with E-state index in [1.54, 1.807) is 0 Å². The molecule has 0 aliphatic heterocycles. The molecule has 26 heavy (non-hydrogen) atoms. The van der Waals surface area contributed by atoms with Crippen LogP contribution in [0.3, 0.4) is 0 Å². The zero-order chi connectivity index (χ0) is 18.5. The zero-order valence-electron chi connectivity index (χ0n) is 15.0. The average molecular weight is 334 g/mol. The van der Waals surface area contributed by atoms with Crippen molar-refractivity contribution in [1.29, 1.82) is 0 Å². The number of rotatable bonds is 6. The summed E-state index contributed by atoms with van der Waals surface area (Å²) in [5.41, 5.74) is 2.39. The van der Waals surface area contributed by atoms with Crippen molar-refractivity contribution in [2.45, 2.75) is 48.4 Å². The molecule has 0 heterocycles. The predicted octanol–water partition coefficient (Wildman–Crippen LogP) is 2.14. The normalized spacial score (nSPS) is 31.5. The molecule has 8 radical (unpaired) electrons. The van der Waals surface area contributed by atoms with Crippen molar-refractivity contribution in [2.75, 3.05) is 0 Å². The molecule has 0 amide bonds. The summed E-state index contributed by atoms with van der Waals surface area (Å²) in [5, 5.41) is 7.10. The van der Waals surface area contributed by atoms with Crippen LogP contribution in [0, 0.1) is 0 Å². The molecule has 1 saturated carbocycles. The number of hydrogen-bond donors (Lipinski definition) is 2. The predicted molar refractivity (Wildman–Crippen MR) is 112 cm³/mol. The fourth-order valence-electron chi connectivity index (χ4n) is 3.66. The van der Waals surface area contributed by atoms with Crippen molar-refractivity contribution in [2.24, 2.45) is 0 Å². The Balaban J connectivity index is 1.72. The summed E-state index contributed by atoms with van der Waals surface area (Å²) < 4.78 is 0. The van der Waals surface area contributed by atoms with Gasteiger partial charge in [-0.15, -0.1) is 0 Å². The molecule has 6 heteroatoms. The Kier molecular flexibility index (Phi) is 6.72. The molecular formula is C20H22B4N2. The monoisotopic (exact) mass is 334 g/mol. The third-order valence-electron chi connectivity index (χ3n) is 5.32. The van der Waals surface area contributed by atoms with E-state index in [9.17, 15) is 0 Å². The fourth-order valence-corrected chi connectivity index (χ4v) is 3.66. The molecule has 2 aromatic carbocycles. The summed E-state index contributed by atoms with van der Waals surface area (Å²) in [6.45, 7) is 1.41. The summed E-state index contributed by atoms with van der Waals surface area (Å²) in [5.74, 6) is -1.23. The topological polar surface area (TPSA) is 24.1 Å². The smallest absolute Gasteiger partial charge is 0.0714 e. The molecule has 2 nitrogen and oxygen atoms in total. The minimum absolute atomic E-state index is 0.0660. The van der Waals surface area contributed by atoms with Gasteiger partial charge < -0.3 is 10.6 Å². The Bertz CT molecular complexity index is 611. The minimum Gasteiger partial charge on any atom is -0.309 e. The van der Waals surface area contributed by atoms with E-state index in [-0.39, 0.29) is 35.4 Å². The van der Waals surface area contributed by atoms with Crippen molar-refractivity contribution >= 4 is 31.4 Å². The summed E-state index contributed by atoms with van der Waals surface area (Å²) in [6.07, 6.45) is 0. The first-order valence-electron chi connectivity index (χ1n) is 9.15. The molecule has 2 N–H and O–H groups in total. The third kappa shape index (κ3) is 4.47. The molecule has 0 bridgehead atoms. The second-order valence-electron chi connectivity index (χ2n) is 7.09. The van der Waals surface area contributed by atoms with Crippen LogP contribution in [-0.2, 0) is 13.1 Å². The summed E-state index contributed by atoms with van der Waals surface area (Å²) in [7, 11) is 25.4. The molecular weight excluding hydrogens is 311 g/mol. The maximum atomic E-state index is 6.44. The Labute approximate surface area is 162 Å². The van der Waals surface area contributed by atoms with E-state index >= 15 is 0 Å². The summed E-state index contributed by atoms with van der Waals surface area (Å²) in [4.78, 5) is 0. The van der Waals surface area contributed by atoms with E-state index in [2.05, 4.69) is 34.9 Å². The van der Waals surface area contributed by atoms with Crippen molar-refractivity contribution in [3.8, 4) is 0 Å². The van der Waals surface area contributed by atoms with Gasteiger partial charge in [0.15, 0.2) is 0 Å². The van der Waals surface area contributed by atoms with Gasteiger partial charge in [-0.2, -0.15) is 0 Å². The lowest BCUT2D eigenvalue weighted by Gasteiger charge is -2.50. The van der Waals surface area contributed by atoms with E-state index in [4.69, 9.17) is 31.4 Å². The number of hydrogen-bond acceptors (Lipinski definition) is 2. The van der Waals surface area contributed by atoms with E-state index in [0.29, 0.717) is 13.1 Å². The van der Waals surface area contributed by atoms with Gasteiger partial charge in [0.2, 0.25) is 0 Å². The van der Waals surface area contributed by atoms with Gasteiger partial charge in [0, 0.05) is 25.2 Å². The van der Waals surface area contributed by atoms with Gasteiger partial charge in [-0.3, -0.25) is 0 Å². The average Bonchev–Trinajstić information content (AvgIpc) is 2.69. The van der Waals surface area contributed by atoms with Crippen molar-refractivity contribution in [1.82, 2.24) is 10.6 Å². The van der Waals surface area contributed by atoms with Gasteiger partial charge in [0.1, 0.15) is 0 Å². The van der Waals surface area contributed by atoms with Crippen LogP contribution in [0.25, 0.3) is 0 Å². The molecule has 2 aromatic rings. The largest absolute Gasteiger partial charge is 0.309 e. The summed E-state index contributed by atoms with van der Waals surface area (Å²) in [6, 6.07) is 20.3. The minimum atomic E-state index is -0.340. The van der Waals surface area contributed by atoms with Crippen LogP contribution in [-0.4, -0.2) is 43.5 Å². The Morgan fingerprint density at radius 1 is 0.538 bits per heavy atom. The van der Waals surface area contributed by atoms with Gasteiger partial charge >= 0.3 is 0 Å². The first-order chi connectivity index (χ1) is 12.6. The van der Waals surface area contributed by atoms with Gasteiger partial charge in [-0.1, -0.05) is 83.9 Å². The lowest BCUT2D eigenvalue weighted by atomic mass is 9.42. The molecule has 0 saturated heterocycles. The van der Waals surface area contributed by atoms with E-state index in [0.717, 1.165) is 0 Å². The molecule has 0 aromatic heterocycles. The molecule has 0 spiro atoms. The van der Waals surface area contributed by atoms with Gasteiger partial charge in [0.25, 0.3) is 0 Å². The molecule has 1 aliphatic rings. The standard InChI is InChI=1S/C20H22B4N2/c21-15-16(22)18(24)20(26-12-14-9-5-2-6-10-14)19(17(15)23)25-11-13-7-3-1-4-8-13/h1-10,15-20,25-26H,11-12H2. The first-order valence-corrected chi connectivity index (χ1v) is 9.15. The van der Waals surface area contributed by atoms with E-state index < -0.39 is 0 Å². The van der Waals surface area contributed by atoms with E-state index in [1.165, 1.54) is 11.1 Å². The number of benzene rings is 2. The van der Waals surface area contributed by atoms with Gasteiger partial charge in [0.05, 0.1) is 31.4 Å². The molecule has 6 atom stereocenters. The van der Waals surface area contributed by atoms with Crippen LogP contribution >= 0.6 is 0 Å². The molecule has 1 fully saturated rings. The van der Waals surface area contributed by atoms with Crippen molar-refractivity contribution < 1.29 is 0 Å². The second kappa shape index (κ2) is 9.01. The molecule has 1 aliphatic carbocycles. The van der Waals surface area contributed by atoms with Crippen molar-refractivity contribution in [3.63, 3.8) is 0 Å². The zero-order valence-corrected chi connectivity index (χ0v) is 15.0. The first kappa shape index (κ1) is 19.4.